The molecular formula is C19H28N3O2+. The number of quaternary nitrogens is 1. The number of rotatable bonds is 4. The summed E-state index contributed by atoms with van der Waals surface area (Å²) in [6.45, 7) is 8.72. The Morgan fingerprint density at radius 1 is 1.25 bits per heavy atom. The molecule has 0 unspecified atom stereocenters. The summed E-state index contributed by atoms with van der Waals surface area (Å²) in [6, 6.07) is 4.43. The summed E-state index contributed by atoms with van der Waals surface area (Å²) in [6.07, 6.45) is 3.66. The quantitative estimate of drug-likeness (QED) is 0.801. The van der Waals surface area contributed by atoms with Gasteiger partial charge in [0, 0.05) is 5.56 Å². The summed E-state index contributed by atoms with van der Waals surface area (Å²) in [5.74, 6) is 0.0120. The minimum absolute atomic E-state index is 0.0120. The molecule has 1 aromatic rings. The average molecular weight is 330 g/mol. The number of morpholine rings is 1. The summed E-state index contributed by atoms with van der Waals surface area (Å²) < 4.78 is 5.34. The first-order valence-corrected chi connectivity index (χ1v) is 9.00. The van der Waals surface area contributed by atoms with E-state index in [1.807, 2.05) is 0 Å². The Balaban J connectivity index is 1.60. The van der Waals surface area contributed by atoms with Gasteiger partial charge in [-0.3, -0.25) is 4.79 Å². The maximum Gasteiger partial charge on any atom is 0.245 e. The van der Waals surface area contributed by atoms with Crippen LogP contribution in [0.25, 0.3) is 0 Å². The lowest BCUT2D eigenvalue weighted by Gasteiger charge is -2.23. The minimum Gasteiger partial charge on any atom is -0.370 e. The predicted octanol–water partition coefficient (Wildman–Crippen LogP) is 0.765. The standard InChI is InChI=1S/C19H27N3O2/c1-14-12-15(2)16-4-3-5-18(17(16)13-14)20-21-19(23)6-7-22-8-10-24-11-9-22/h12-13H,3-11H2,1-2H3,(H,21,23)/p+1/b20-18-. The van der Waals surface area contributed by atoms with Crippen LogP contribution in [0.5, 0.6) is 0 Å². The number of hydrazone groups is 1. The first kappa shape index (κ1) is 17.1. The van der Waals surface area contributed by atoms with Crippen LogP contribution in [-0.4, -0.2) is 44.5 Å². The van der Waals surface area contributed by atoms with E-state index in [-0.39, 0.29) is 5.91 Å². The van der Waals surface area contributed by atoms with Crippen molar-refractivity contribution in [2.45, 2.75) is 39.5 Å². The molecule has 2 aliphatic rings. The second-order valence-electron chi connectivity index (χ2n) is 6.92. The maximum atomic E-state index is 12.1. The molecule has 1 aromatic carbocycles. The van der Waals surface area contributed by atoms with Crippen LogP contribution < -0.4 is 10.3 Å². The lowest BCUT2D eigenvalue weighted by molar-refractivity contribution is -0.907. The Morgan fingerprint density at radius 2 is 2.04 bits per heavy atom. The van der Waals surface area contributed by atoms with Gasteiger partial charge in [-0.1, -0.05) is 11.6 Å². The fraction of sp³-hybridized carbons (Fsp3) is 0.579. The fourth-order valence-electron chi connectivity index (χ4n) is 3.66. The van der Waals surface area contributed by atoms with E-state index >= 15 is 0 Å². The summed E-state index contributed by atoms with van der Waals surface area (Å²) in [5.41, 5.74) is 8.99. The Bertz CT molecular complexity index is 634. The summed E-state index contributed by atoms with van der Waals surface area (Å²) >= 11 is 0. The fourth-order valence-corrected chi connectivity index (χ4v) is 3.66. The molecule has 1 aliphatic carbocycles. The van der Waals surface area contributed by atoms with Crippen LogP contribution >= 0.6 is 0 Å². The van der Waals surface area contributed by atoms with Crippen molar-refractivity contribution in [1.82, 2.24) is 5.43 Å². The van der Waals surface area contributed by atoms with E-state index in [0.717, 1.165) is 57.8 Å². The van der Waals surface area contributed by atoms with Crippen molar-refractivity contribution in [3.05, 3.63) is 34.4 Å². The highest BCUT2D eigenvalue weighted by Gasteiger charge is 2.19. The summed E-state index contributed by atoms with van der Waals surface area (Å²) in [7, 11) is 0. The predicted molar refractivity (Wildman–Crippen MR) is 94.5 cm³/mol. The molecule has 0 saturated carbocycles. The number of fused-ring (bicyclic) bond motifs is 1. The van der Waals surface area contributed by atoms with Gasteiger partial charge in [0.1, 0.15) is 13.1 Å². The zero-order valence-corrected chi connectivity index (χ0v) is 14.8. The number of amides is 1. The first-order valence-electron chi connectivity index (χ1n) is 9.00. The van der Waals surface area contributed by atoms with Crippen LogP contribution in [0.2, 0.25) is 0 Å². The molecule has 24 heavy (non-hydrogen) atoms. The van der Waals surface area contributed by atoms with Gasteiger partial charge in [-0.2, -0.15) is 5.10 Å². The summed E-state index contributed by atoms with van der Waals surface area (Å²) in [5, 5.41) is 4.45. The molecule has 1 fully saturated rings. The number of hydrogen-bond donors (Lipinski definition) is 2. The van der Waals surface area contributed by atoms with Gasteiger partial charge in [-0.25, -0.2) is 5.43 Å². The molecular weight excluding hydrogens is 302 g/mol. The van der Waals surface area contributed by atoms with Crippen molar-refractivity contribution in [2.75, 3.05) is 32.8 Å². The number of hydrogen-bond acceptors (Lipinski definition) is 3. The molecule has 130 valence electrons. The molecule has 5 nitrogen and oxygen atoms in total. The Kier molecular flexibility index (Phi) is 5.63. The van der Waals surface area contributed by atoms with Crippen LogP contribution in [0.15, 0.2) is 17.2 Å². The van der Waals surface area contributed by atoms with Crippen LogP contribution in [0.1, 0.15) is 41.5 Å². The van der Waals surface area contributed by atoms with Gasteiger partial charge in [0.25, 0.3) is 0 Å². The van der Waals surface area contributed by atoms with Crippen molar-refractivity contribution in [1.29, 1.82) is 0 Å². The average Bonchev–Trinajstić information content (AvgIpc) is 2.59. The van der Waals surface area contributed by atoms with E-state index < -0.39 is 0 Å². The lowest BCUT2D eigenvalue weighted by atomic mass is 9.86. The van der Waals surface area contributed by atoms with Gasteiger partial charge in [-0.15, -0.1) is 0 Å². The molecule has 5 heteroatoms. The zero-order chi connectivity index (χ0) is 16.9. The van der Waals surface area contributed by atoms with Crippen LogP contribution in [-0.2, 0) is 16.0 Å². The third-order valence-corrected chi connectivity index (χ3v) is 4.99. The molecule has 0 bridgehead atoms. The van der Waals surface area contributed by atoms with Crippen molar-refractivity contribution in [2.24, 2.45) is 5.10 Å². The topological polar surface area (TPSA) is 55.1 Å². The first-order chi connectivity index (χ1) is 11.6. The van der Waals surface area contributed by atoms with Crippen LogP contribution in [0.4, 0.5) is 0 Å². The minimum atomic E-state index is 0.0120. The number of carbonyl (C=O) groups is 1. The highest BCUT2D eigenvalue weighted by atomic mass is 16.5. The molecule has 0 aromatic heterocycles. The van der Waals surface area contributed by atoms with Gasteiger partial charge >= 0.3 is 0 Å². The van der Waals surface area contributed by atoms with E-state index in [9.17, 15) is 4.79 Å². The molecule has 1 saturated heterocycles. The molecule has 1 aliphatic heterocycles. The number of aryl methyl sites for hydroxylation is 2. The van der Waals surface area contributed by atoms with E-state index in [1.165, 1.54) is 27.2 Å². The van der Waals surface area contributed by atoms with E-state index in [0.29, 0.717) is 6.42 Å². The van der Waals surface area contributed by atoms with Crippen molar-refractivity contribution >= 4 is 11.6 Å². The van der Waals surface area contributed by atoms with Crippen molar-refractivity contribution in [3.63, 3.8) is 0 Å². The molecule has 0 radical (unpaired) electrons. The van der Waals surface area contributed by atoms with Gasteiger partial charge in [0.2, 0.25) is 5.91 Å². The molecule has 3 rings (SSSR count). The van der Waals surface area contributed by atoms with Gasteiger partial charge in [-0.05, 0) is 50.3 Å². The highest BCUT2D eigenvalue weighted by Crippen LogP contribution is 2.26. The van der Waals surface area contributed by atoms with Gasteiger partial charge in [0.15, 0.2) is 0 Å². The van der Waals surface area contributed by atoms with Crippen LogP contribution in [0, 0.1) is 13.8 Å². The molecule has 0 spiro atoms. The third kappa shape index (κ3) is 4.22. The number of carbonyl (C=O) groups excluding carboxylic acids is 1. The number of nitrogens with one attached hydrogen (secondary N) is 2. The van der Waals surface area contributed by atoms with Crippen molar-refractivity contribution < 1.29 is 14.4 Å². The monoisotopic (exact) mass is 330 g/mol. The Hall–Kier alpha value is -1.72. The molecule has 1 heterocycles. The van der Waals surface area contributed by atoms with E-state index in [2.05, 4.69) is 36.5 Å². The normalized spacial score (nSPS) is 20.0. The lowest BCUT2D eigenvalue weighted by Crippen LogP contribution is -3.14. The molecule has 0 atom stereocenters. The highest BCUT2D eigenvalue weighted by molar-refractivity contribution is 6.03. The SMILES string of the molecule is Cc1cc(C)c2c(c1)/C(=N\NC(=O)CC[NH+]1CCOCC1)CCC2. The summed E-state index contributed by atoms with van der Waals surface area (Å²) in [4.78, 5) is 13.6. The molecule has 2 N–H and O–H groups in total. The van der Waals surface area contributed by atoms with Gasteiger partial charge < -0.3 is 9.64 Å². The van der Waals surface area contributed by atoms with Crippen molar-refractivity contribution in [3.8, 4) is 0 Å². The smallest absolute Gasteiger partial charge is 0.245 e. The maximum absolute atomic E-state index is 12.1. The zero-order valence-electron chi connectivity index (χ0n) is 14.8. The van der Waals surface area contributed by atoms with E-state index in [4.69, 9.17) is 4.74 Å². The Labute approximate surface area is 144 Å². The number of nitrogens with zero attached hydrogens (tertiary/aromatic N) is 1. The second-order valence-corrected chi connectivity index (χ2v) is 6.92. The third-order valence-electron chi connectivity index (χ3n) is 4.99. The largest absolute Gasteiger partial charge is 0.370 e. The Morgan fingerprint density at radius 3 is 2.83 bits per heavy atom. The molecule has 1 amide bonds. The number of ether oxygens (including phenoxy) is 1. The van der Waals surface area contributed by atoms with E-state index in [1.54, 1.807) is 0 Å². The van der Waals surface area contributed by atoms with Crippen LogP contribution in [0.3, 0.4) is 0 Å². The second kappa shape index (κ2) is 7.90. The van der Waals surface area contributed by atoms with Gasteiger partial charge in [0.05, 0.1) is 31.9 Å². The number of benzene rings is 1.